The molecule has 31 heavy (non-hydrogen) atoms. The highest BCUT2D eigenvalue weighted by atomic mass is 35.5. The number of nitrogens with zero attached hydrogens (tertiary/aromatic N) is 4. The Labute approximate surface area is 179 Å². The van der Waals surface area contributed by atoms with Gasteiger partial charge in [0.05, 0.1) is 11.1 Å². The van der Waals surface area contributed by atoms with Gasteiger partial charge in [-0.25, -0.2) is 8.78 Å². The summed E-state index contributed by atoms with van der Waals surface area (Å²) in [5.74, 6) is 2.87. The van der Waals surface area contributed by atoms with E-state index in [1.165, 1.54) is 0 Å². The number of hydrogen-bond acceptors (Lipinski definition) is 4. The van der Waals surface area contributed by atoms with Gasteiger partial charge in [-0.1, -0.05) is 36.8 Å². The molecule has 0 bridgehead atoms. The van der Waals surface area contributed by atoms with E-state index in [9.17, 15) is 22.0 Å². The molecule has 5 nitrogen and oxygen atoms in total. The standard InChI is InChI=1S/C20H17ClF5N5/c1-3-4-5-6-7-12-8-13(22)15(14(23)9-12)16-17(21)30-19-27-10-28-31(19)18(16)29-11(2)20(24,25)26/h8-11,29H,3-5H2,1-2H3/t11-/m0/s1. The average Bonchev–Trinajstić information content (AvgIpc) is 3.14. The van der Waals surface area contributed by atoms with Crippen LogP contribution >= 0.6 is 11.6 Å². The molecule has 0 radical (unpaired) electrons. The van der Waals surface area contributed by atoms with Gasteiger partial charge >= 0.3 is 6.18 Å². The molecule has 1 atom stereocenters. The Morgan fingerprint density at radius 2 is 1.87 bits per heavy atom. The first-order valence-electron chi connectivity index (χ1n) is 9.34. The van der Waals surface area contributed by atoms with E-state index in [4.69, 9.17) is 11.6 Å². The molecule has 0 spiro atoms. The molecule has 0 aliphatic rings. The Kier molecular flexibility index (Phi) is 6.65. The Morgan fingerprint density at radius 3 is 2.48 bits per heavy atom. The van der Waals surface area contributed by atoms with Crippen LogP contribution in [-0.4, -0.2) is 31.8 Å². The maximum Gasteiger partial charge on any atom is 0.408 e. The van der Waals surface area contributed by atoms with E-state index < -0.39 is 46.0 Å². The first-order chi connectivity index (χ1) is 14.6. The molecule has 2 heterocycles. The molecule has 0 saturated carbocycles. The van der Waals surface area contributed by atoms with Crippen molar-refractivity contribution in [3.8, 4) is 23.0 Å². The van der Waals surface area contributed by atoms with Gasteiger partial charge in [0.25, 0.3) is 5.78 Å². The summed E-state index contributed by atoms with van der Waals surface area (Å²) in [6, 6.07) is -0.0845. The number of anilines is 1. The summed E-state index contributed by atoms with van der Waals surface area (Å²) in [6.45, 7) is 2.84. The summed E-state index contributed by atoms with van der Waals surface area (Å²) in [7, 11) is 0. The molecule has 11 heteroatoms. The number of nitrogens with one attached hydrogen (secondary N) is 1. The SMILES string of the molecule is CCCCC#Cc1cc(F)c(-c2c(Cl)nc3ncnn3c2N[C@@H](C)C(F)(F)F)c(F)c1. The van der Waals surface area contributed by atoms with Crippen LogP contribution in [0.4, 0.5) is 27.8 Å². The highest BCUT2D eigenvalue weighted by Crippen LogP contribution is 2.38. The van der Waals surface area contributed by atoms with Gasteiger partial charge in [-0.2, -0.15) is 32.8 Å². The second-order valence-corrected chi connectivity index (χ2v) is 7.08. The van der Waals surface area contributed by atoms with Gasteiger partial charge in [0.2, 0.25) is 0 Å². The molecular formula is C20H17ClF5N5. The molecule has 3 rings (SSSR count). The summed E-state index contributed by atoms with van der Waals surface area (Å²) >= 11 is 6.12. The van der Waals surface area contributed by atoms with Crippen LogP contribution in [0, 0.1) is 23.5 Å². The van der Waals surface area contributed by atoms with Crippen LogP contribution in [0.25, 0.3) is 16.9 Å². The first-order valence-corrected chi connectivity index (χ1v) is 9.72. The fourth-order valence-corrected chi connectivity index (χ4v) is 3.03. The van der Waals surface area contributed by atoms with Gasteiger partial charge in [0, 0.05) is 12.0 Å². The number of hydrogen-bond donors (Lipinski definition) is 1. The van der Waals surface area contributed by atoms with E-state index in [-0.39, 0.29) is 11.3 Å². The van der Waals surface area contributed by atoms with Crippen molar-refractivity contribution in [1.29, 1.82) is 0 Å². The number of rotatable bonds is 5. The Bertz CT molecular complexity index is 1140. The second-order valence-electron chi connectivity index (χ2n) is 6.73. The van der Waals surface area contributed by atoms with Gasteiger partial charge in [-0.15, -0.1) is 0 Å². The predicted octanol–water partition coefficient (Wildman–Crippen LogP) is 5.63. The maximum atomic E-state index is 14.9. The molecule has 2 aromatic heterocycles. The van der Waals surface area contributed by atoms with Crippen molar-refractivity contribution in [2.45, 2.75) is 45.3 Å². The lowest BCUT2D eigenvalue weighted by molar-refractivity contribution is -0.138. The lowest BCUT2D eigenvalue weighted by Crippen LogP contribution is -2.34. The van der Waals surface area contributed by atoms with Crippen molar-refractivity contribution in [1.82, 2.24) is 19.6 Å². The summed E-state index contributed by atoms with van der Waals surface area (Å²) < 4.78 is 70.3. The minimum absolute atomic E-state index is 0.0962. The molecule has 0 unspecified atom stereocenters. The monoisotopic (exact) mass is 457 g/mol. The third-order valence-electron chi connectivity index (χ3n) is 4.41. The van der Waals surface area contributed by atoms with Crippen LogP contribution < -0.4 is 5.32 Å². The van der Waals surface area contributed by atoms with E-state index in [1.54, 1.807) is 0 Å². The largest absolute Gasteiger partial charge is 0.408 e. The summed E-state index contributed by atoms with van der Waals surface area (Å²) in [4.78, 5) is 7.67. The maximum absolute atomic E-state index is 14.9. The van der Waals surface area contributed by atoms with Crippen LogP contribution in [-0.2, 0) is 0 Å². The lowest BCUT2D eigenvalue weighted by Gasteiger charge is -2.21. The van der Waals surface area contributed by atoms with Crippen LogP contribution in [0.3, 0.4) is 0 Å². The van der Waals surface area contributed by atoms with Crippen molar-refractivity contribution in [3.63, 3.8) is 0 Å². The Hall–Kier alpha value is -2.93. The normalized spacial score (nSPS) is 12.5. The number of fused-ring (bicyclic) bond motifs is 1. The summed E-state index contributed by atoms with van der Waals surface area (Å²) in [5, 5.41) is 5.56. The second kappa shape index (κ2) is 9.06. The van der Waals surface area contributed by atoms with Crippen molar-refractivity contribution in [2.24, 2.45) is 0 Å². The summed E-state index contributed by atoms with van der Waals surface area (Å²) in [6.07, 6.45) is -1.26. The number of halogens is 6. The third-order valence-corrected chi connectivity index (χ3v) is 4.68. The van der Waals surface area contributed by atoms with Crippen molar-refractivity contribution in [2.75, 3.05) is 5.32 Å². The zero-order valence-corrected chi connectivity index (χ0v) is 17.2. The van der Waals surface area contributed by atoms with Gasteiger partial charge in [-0.3, -0.25) is 0 Å². The van der Waals surface area contributed by atoms with E-state index in [2.05, 4.69) is 32.2 Å². The highest BCUT2D eigenvalue weighted by Gasteiger charge is 2.37. The lowest BCUT2D eigenvalue weighted by atomic mass is 10.0. The first kappa shape index (κ1) is 22.7. The average molecular weight is 458 g/mol. The van der Waals surface area contributed by atoms with E-state index in [1.807, 2.05) is 6.92 Å². The third kappa shape index (κ3) is 4.88. The van der Waals surface area contributed by atoms with Gasteiger partial charge in [0.1, 0.15) is 35.0 Å². The van der Waals surface area contributed by atoms with Crippen LogP contribution in [0.15, 0.2) is 18.5 Å². The number of aromatic nitrogens is 4. The Morgan fingerprint density at radius 1 is 1.19 bits per heavy atom. The van der Waals surface area contributed by atoms with Crippen LogP contribution in [0.2, 0.25) is 5.15 Å². The molecule has 1 N–H and O–H groups in total. The molecule has 0 saturated heterocycles. The Balaban J connectivity index is 2.17. The molecule has 0 aliphatic carbocycles. The molecule has 1 aromatic carbocycles. The van der Waals surface area contributed by atoms with Gasteiger partial charge in [0.15, 0.2) is 0 Å². The molecule has 0 amide bonds. The smallest absolute Gasteiger partial charge is 0.358 e. The van der Waals surface area contributed by atoms with Crippen molar-refractivity contribution < 1.29 is 22.0 Å². The van der Waals surface area contributed by atoms with Crippen molar-refractivity contribution in [3.05, 3.63) is 40.8 Å². The number of benzene rings is 1. The minimum atomic E-state index is -4.64. The highest BCUT2D eigenvalue weighted by molar-refractivity contribution is 6.33. The minimum Gasteiger partial charge on any atom is -0.358 e. The van der Waals surface area contributed by atoms with Gasteiger partial charge < -0.3 is 5.32 Å². The van der Waals surface area contributed by atoms with Crippen molar-refractivity contribution >= 4 is 23.2 Å². The van der Waals surface area contributed by atoms with E-state index in [0.29, 0.717) is 6.42 Å². The molecule has 0 fully saturated rings. The topological polar surface area (TPSA) is 55.1 Å². The van der Waals surface area contributed by atoms with E-state index >= 15 is 0 Å². The predicted molar refractivity (Wildman–Crippen MR) is 107 cm³/mol. The van der Waals surface area contributed by atoms with E-state index in [0.717, 1.165) is 42.7 Å². The van der Waals surface area contributed by atoms with Gasteiger partial charge in [-0.05, 0) is 25.5 Å². The molecular weight excluding hydrogens is 441 g/mol. The van der Waals surface area contributed by atoms with Crippen LogP contribution in [0.1, 0.15) is 38.7 Å². The fraction of sp³-hybridized carbons (Fsp3) is 0.350. The molecule has 0 aliphatic heterocycles. The quantitative estimate of drug-likeness (QED) is 0.233. The molecule has 3 aromatic rings. The summed E-state index contributed by atoms with van der Waals surface area (Å²) in [5.41, 5.74) is -0.957. The number of unbranched alkanes of at least 4 members (excludes halogenated alkanes) is 2. The molecule has 164 valence electrons. The fourth-order valence-electron chi connectivity index (χ4n) is 2.77. The number of alkyl halides is 3. The zero-order chi connectivity index (χ0) is 22.8. The zero-order valence-electron chi connectivity index (χ0n) is 16.5. The van der Waals surface area contributed by atoms with Crippen LogP contribution in [0.5, 0.6) is 0 Å².